The molecule has 0 saturated heterocycles. The zero-order valence-electron chi connectivity index (χ0n) is 15.4. The number of amides is 1. The SMILES string of the molecule is COc1cc(CCc2cc(NC(=O)c3cc(F)cc(F)c3)n[nH]2)cc(OC)c1. The van der Waals surface area contributed by atoms with Crippen molar-refractivity contribution in [1.29, 1.82) is 0 Å². The monoisotopic (exact) mass is 387 g/mol. The van der Waals surface area contributed by atoms with Gasteiger partial charge in [0.05, 0.1) is 14.2 Å². The summed E-state index contributed by atoms with van der Waals surface area (Å²) in [5.74, 6) is -0.603. The number of methoxy groups -OCH3 is 2. The number of nitrogens with one attached hydrogen (secondary N) is 2. The molecule has 0 aliphatic carbocycles. The molecule has 0 fully saturated rings. The first-order valence-corrected chi connectivity index (χ1v) is 8.50. The third-order valence-electron chi connectivity index (χ3n) is 4.09. The molecule has 0 radical (unpaired) electrons. The average Bonchev–Trinajstić information content (AvgIpc) is 3.12. The van der Waals surface area contributed by atoms with Crippen LogP contribution < -0.4 is 14.8 Å². The zero-order valence-corrected chi connectivity index (χ0v) is 15.4. The number of carbonyl (C=O) groups excluding carboxylic acids is 1. The van der Waals surface area contributed by atoms with E-state index in [0.29, 0.717) is 30.4 Å². The molecule has 8 heteroatoms. The first-order valence-electron chi connectivity index (χ1n) is 8.50. The van der Waals surface area contributed by atoms with E-state index in [-0.39, 0.29) is 11.4 Å². The smallest absolute Gasteiger partial charge is 0.257 e. The van der Waals surface area contributed by atoms with Gasteiger partial charge in [-0.05, 0) is 42.7 Å². The number of ether oxygens (including phenoxy) is 2. The molecule has 146 valence electrons. The molecule has 1 aromatic heterocycles. The molecule has 0 bridgehead atoms. The summed E-state index contributed by atoms with van der Waals surface area (Å²) in [7, 11) is 3.18. The molecule has 0 unspecified atom stereocenters. The Labute approximate surface area is 160 Å². The third kappa shape index (κ3) is 4.85. The van der Waals surface area contributed by atoms with Crippen molar-refractivity contribution in [2.24, 2.45) is 0 Å². The number of hydrogen-bond acceptors (Lipinski definition) is 4. The van der Waals surface area contributed by atoms with Crippen LogP contribution >= 0.6 is 0 Å². The Balaban J connectivity index is 1.63. The Morgan fingerprint density at radius 1 is 0.964 bits per heavy atom. The van der Waals surface area contributed by atoms with E-state index in [1.807, 2.05) is 12.1 Å². The second-order valence-electron chi connectivity index (χ2n) is 6.11. The molecule has 0 saturated carbocycles. The summed E-state index contributed by atoms with van der Waals surface area (Å²) in [5, 5.41) is 9.36. The van der Waals surface area contributed by atoms with Gasteiger partial charge < -0.3 is 14.8 Å². The molecule has 0 aliphatic heterocycles. The van der Waals surface area contributed by atoms with Crippen LogP contribution in [0.5, 0.6) is 11.5 Å². The lowest BCUT2D eigenvalue weighted by Gasteiger charge is -2.08. The summed E-state index contributed by atoms with van der Waals surface area (Å²) >= 11 is 0. The van der Waals surface area contributed by atoms with Crippen molar-refractivity contribution in [3.05, 3.63) is 70.9 Å². The Kier molecular flexibility index (Phi) is 5.88. The quantitative estimate of drug-likeness (QED) is 0.648. The lowest BCUT2D eigenvalue weighted by molar-refractivity contribution is 0.102. The number of benzene rings is 2. The predicted octanol–water partition coefficient (Wildman–Crippen LogP) is 3.74. The van der Waals surface area contributed by atoms with Crippen molar-refractivity contribution in [1.82, 2.24) is 10.2 Å². The van der Waals surface area contributed by atoms with Crippen LogP contribution in [0, 0.1) is 11.6 Å². The average molecular weight is 387 g/mol. The highest BCUT2D eigenvalue weighted by Crippen LogP contribution is 2.23. The van der Waals surface area contributed by atoms with E-state index in [2.05, 4.69) is 15.5 Å². The summed E-state index contributed by atoms with van der Waals surface area (Å²) in [5.41, 5.74) is 1.69. The first kappa shape index (κ1) is 19.3. The molecule has 6 nitrogen and oxygen atoms in total. The van der Waals surface area contributed by atoms with Gasteiger partial charge in [0.2, 0.25) is 0 Å². The molecule has 1 heterocycles. The van der Waals surface area contributed by atoms with Crippen molar-refractivity contribution < 1.29 is 23.0 Å². The summed E-state index contributed by atoms with van der Waals surface area (Å²) in [4.78, 5) is 12.1. The van der Waals surface area contributed by atoms with E-state index in [9.17, 15) is 13.6 Å². The number of aromatic nitrogens is 2. The van der Waals surface area contributed by atoms with Crippen LogP contribution in [0.4, 0.5) is 14.6 Å². The molecule has 0 aliphatic rings. The van der Waals surface area contributed by atoms with Gasteiger partial charge in [-0.2, -0.15) is 5.10 Å². The minimum absolute atomic E-state index is 0.120. The fourth-order valence-corrected chi connectivity index (χ4v) is 2.72. The third-order valence-corrected chi connectivity index (χ3v) is 4.09. The van der Waals surface area contributed by atoms with Gasteiger partial charge >= 0.3 is 0 Å². The molecule has 0 spiro atoms. The number of rotatable bonds is 7. The number of H-pyrrole nitrogens is 1. The molecule has 2 aromatic carbocycles. The largest absolute Gasteiger partial charge is 0.497 e. The van der Waals surface area contributed by atoms with Gasteiger partial charge in [0.15, 0.2) is 5.82 Å². The van der Waals surface area contributed by atoms with Gasteiger partial charge in [-0.1, -0.05) is 0 Å². The minimum atomic E-state index is -0.818. The van der Waals surface area contributed by atoms with Crippen LogP contribution in [0.1, 0.15) is 21.6 Å². The maximum absolute atomic E-state index is 13.2. The van der Waals surface area contributed by atoms with Crippen molar-refractivity contribution in [3.8, 4) is 11.5 Å². The van der Waals surface area contributed by atoms with Gasteiger partial charge in [-0.3, -0.25) is 9.89 Å². The standard InChI is InChI=1S/C20H19F2N3O3/c1-27-17-5-12(6-18(11-17)28-2)3-4-16-10-19(25-24-16)23-20(26)13-7-14(21)9-15(22)8-13/h5-11H,3-4H2,1-2H3,(H2,23,24,25,26). The Morgan fingerprint density at radius 2 is 1.61 bits per heavy atom. The van der Waals surface area contributed by atoms with Crippen LogP contribution in [-0.2, 0) is 12.8 Å². The fraction of sp³-hybridized carbons (Fsp3) is 0.200. The number of nitrogens with zero attached hydrogens (tertiary/aromatic N) is 1. The second kappa shape index (κ2) is 8.51. The topological polar surface area (TPSA) is 76.2 Å². The lowest BCUT2D eigenvalue weighted by Crippen LogP contribution is -2.12. The van der Waals surface area contributed by atoms with Crippen LogP contribution in [0.2, 0.25) is 0 Å². The van der Waals surface area contributed by atoms with Gasteiger partial charge in [0.25, 0.3) is 5.91 Å². The van der Waals surface area contributed by atoms with Crippen LogP contribution in [-0.4, -0.2) is 30.3 Å². The van der Waals surface area contributed by atoms with E-state index in [4.69, 9.17) is 9.47 Å². The molecule has 2 N–H and O–H groups in total. The summed E-state index contributed by atoms with van der Waals surface area (Å²) in [6.45, 7) is 0. The Hall–Kier alpha value is -3.42. The van der Waals surface area contributed by atoms with Gasteiger partial charge in [-0.25, -0.2) is 8.78 Å². The van der Waals surface area contributed by atoms with E-state index in [0.717, 1.165) is 23.4 Å². The number of carbonyl (C=O) groups is 1. The molecule has 28 heavy (non-hydrogen) atoms. The van der Waals surface area contributed by atoms with E-state index >= 15 is 0 Å². The predicted molar refractivity (Wildman–Crippen MR) is 99.9 cm³/mol. The van der Waals surface area contributed by atoms with Crippen LogP contribution in [0.15, 0.2) is 42.5 Å². The molecular weight excluding hydrogens is 368 g/mol. The fourth-order valence-electron chi connectivity index (χ4n) is 2.72. The zero-order chi connectivity index (χ0) is 20.1. The molecular formula is C20H19F2N3O3. The number of hydrogen-bond donors (Lipinski definition) is 2. The Bertz CT molecular complexity index is 946. The van der Waals surface area contributed by atoms with Gasteiger partial charge in [0, 0.05) is 29.5 Å². The number of anilines is 1. The summed E-state index contributed by atoms with van der Waals surface area (Å²) in [6.07, 6.45) is 1.33. The molecule has 0 atom stereocenters. The van der Waals surface area contributed by atoms with Gasteiger partial charge in [-0.15, -0.1) is 0 Å². The highest BCUT2D eigenvalue weighted by molar-refractivity contribution is 6.03. The maximum atomic E-state index is 13.2. The Morgan fingerprint density at radius 3 is 2.21 bits per heavy atom. The normalized spacial score (nSPS) is 10.6. The number of aromatic amines is 1. The highest BCUT2D eigenvalue weighted by atomic mass is 19.1. The maximum Gasteiger partial charge on any atom is 0.257 e. The summed E-state index contributed by atoms with van der Waals surface area (Å²) < 4.78 is 37.0. The number of halogens is 2. The first-order chi connectivity index (χ1) is 13.5. The van der Waals surface area contributed by atoms with E-state index in [1.165, 1.54) is 0 Å². The highest BCUT2D eigenvalue weighted by Gasteiger charge is 2.12. The summed E-state index contributed by atoms with van der Waals surface area (Å²) in [6, 6.07) is 9.93. The second-order valence-corrected chi connectivity index (χ2v) is 6.11. The molecule has 3 rings (SSSR count). The van der Waals surface area contributed by atoms with Crippen LogP contribution in [0.25, 0.3) is 0 Å². The lowest BCUT2D eigenvalue weighted by atomic mass is 10.1. The van der Waals surface area contributed by atoms with Crippen molar-refractivity contribution >= 4 is 11.7 Å². The van der Waals surface area contributed by atoms with Crippen LogP contribution in [0.3, 0.4) is 0 Å². The molecule has 3 aromatic rings. The van der Waals surface area contributed by atoms with Gasteiger partial charge in [0.1, 0.15) is 23.1 Å². The van der Waals surface area contributed by atoms with E-state index < -0.39 is 17.5 Å². The van der Waals surface area contributed by atoms with Crippen molar-refractivity contribution in [2.75, 3.05) is 19.5 Å². The minimum Gasteiger partial charge on any atom is -0.497 e. The van der Waals surface area contributed by atoms with Crippen molar-refractivity contribution in [3.63, 3.8) is 0 Å². The molecule has 1 amide bonds. The van der Waals surface area contributed by atoms with Crippen molar-refractivity contribution in [2.45, 2.75) is 12.8 Å². The van der Waals surface area contributed by atoms with E-state index in [1.54, 1.807) is 26.4 Å². The number of aryl methyl sites for hydroxylation is 2.